The summed E-state index contributed by atoms with van der Waals surface area (Å²) in [5.74, 6) is 0.959. The van der Waals surface area contributed by atoms with Gasteiger partial charge in [0.05, 0.1) is 11.6 Å². The van der Waals surface area contributed by atoms with Crippen molar-refractivity contribution < 1.29 is 18.8 Å². The zero-order valence-corrected chi connectivity index (χ0v) is 17.8. The second-order valence-corrected chi connectivity index (χ2v) is 6.89. The molecule has 0 saturated heterocycles. The van der Waals surface area contributed by atoms with Gasteiger partial charge in [0.25, 0.3) is 5.91 Å². The Morgan fingerprint density at radius 3 is 2.68 bits per heavy atom. The summed E-state index contributed by atoms with van der Waals surface area (Å²) in [5.41, 5.74) is 1.37. The summed E-state index contributed by atoms with van der Waals surface area (Å²) in [5, 5.41) is 15.9. The van der Waals surface area contributed by atoms with E-state index in [4.69, 9.17) is 25.6 Å². The first-order valence-corrected chi connectivity index (χ1v) is 9.87. The topological polar surface area (TPSA) is 97.4 Å². The first kappa shape index (κ1) is 21.9. The molecule has 1 N–H and O–H groups in total. The minimum Gasteiger partial charge on any atom is -0.490 e. The fraction of sp³-hybridized carbons (Fsp3) is 0.174. The number of anilines is 1. The number of nitrogens with one attached hydrogen (secondary N) is 1. The van der Waals surface area contributed by atoms with Gasteiger partial charge in [0.2, 0.25) is 0 Å². The number of carbonyl (C=O) groups excluding carboxylic acids is 1. The van der Waals surface area contributed by atoms with Crippen molar-refractivity contribution in [1.29, 1.82) is 5.26 Å². The second kappa shape index (κ2) is 10.3. The minimum absolute atomic E-state index is 0.128. The molecule has 3 rings (SSSR count). The standard InChI is InChI=1S/C23H20ClN3O4/c1-3-29-20-12-17(10-18(13-25)23(28)26-21-9-15(2)31-27-21)11-19(24)22(20)30-14-16-7-5-4-6-8-16/h4-12H,3,14H2,1-2H3,(H,26,27,28). The number of nitrogens with zero attached hydrogens (tertiary/aromatic N) is 2. The summed E-state index contributed by atoms with van der Waals surface area (Å²) in [7, 11) is 0. The number of amides is 1. The summed E-state index contributed by atoms with van der Waals surface area (Å²) in [6.45, 7) is 4.24. The largest absolute Gasteiger partial charge is 0.490 e. The van der Waals surface area contributed by atoms with Crippen molar-refractivity contribution in [2.45, 2.75) is 20.5 Å². The Bertz CT molecular complexity index is 1130. The van der Waals surface area contributed by atoms with E-state index in [0.29, 0.717) is 41.1 Å². The summed E-state index contributed by atoms with van der Waals surface area (Å²) in [6, 6.07) is 16.4. The van der Waals surface area contributed by atoms with Gasteiger partial charge in [-0.25, -0.2) is 0 Å². The maximum Gasteiger partial charge on any atom is 0.267 e. The number of nitriles is 1. The van der Waals surface area contributed by atoms with E-state index in [0.717, 1.165) is 5.56 Å². The molecule has 0 aliphatic carbocycles. The number of hydrogen-bond donors (Lipinski definition) is 1. The molecular formula is C23H20ClN3O4. The highest BCUT2D eigenvalue weighted by Crippen LogP contribution is 2.38. The number of benzene rings is 2. The van der Waals surface area contributed by atoms with Crippen LogP contribution in [0, 0.1) is 18.3 Å². The maximum atomic E-state index is 12.4. The molecule has 0 fully saturated rings. The molecule has 31 heavy (non-hydrogen) atoms. The molecule has 0 aliphatic heterocycles. The molecule has 2 aromatic carbocycles. The SMILES string of the molecule is CCOc1cc(C=C(C#N)C(=O)Nc2cc(C)on2)cc(Cl)c1OCc1ccccc1. The van der Waals surface area contributed by atoms with Crippen LogP contribution >= 0.6 is 11.6 Å². The van der Waals surface area contributed by atoms with Gasteiger partial charge in [0, 0.05) is 6.07 Å². The average molecular weight is 438 g/mol. The van der Waals surface area contributed by atoms with Crippen LogP contribution in [0.25, 0.3) is 6.08 Å². The van der Waals surface area contributed by atoms with Crippen molar-refractivity contribution >= 4 is 29.4 Å². The zero-order chi connectivity index (χ0) is 22.2. The molecule has 7 nitrogen and oxygen atoms in total. The van der Waals surface area contributed by atoms with Gasteiger partial charge in [0.15, 0.2) is 17.3 Å². The van der Waals surface area contributed by atoms with Crippen molar-refractivity contribution in [1.82, 2.24) is 5.16 Å². The number of hydrogen-bond acceptors (Lipinski definition) is 6. The lowest BCUT2D eigenvalue weighted by Gasteiger charge is -2.14. The van der Waals surface area contributed by atoms with E-state index in [1.165, 1.54) is 6.08 Å². The predicted molar refractivity (Wildman–Crippen MR) is 117 cm³/mol. The molecule has 1 heterocycles. The Morgan fingerprint density at radius 1 is 1.26 bits per heavy atom. The van der Waals surface area contributed by atoms with Crippen molar-refractivity contribution in [2.24, 2.45) is 0 Å². The van der Waals surface area contributed by atoms with E-state index >= 15 is 0 Å². The highest BCUT2D eigenvalue weighted by Gasteiger charge is 2.16. The number of ether oxygens (including phenoxy) is 2. The van der Waals surface area contributed by atoms with E-state index in [-0.39, 0.29) is 11.4 Å². The third-order valence-corrected chi connectivity index (χ3v) is 4.38. The molecule has 0 radical (unpaired) electrons. The van der Waals surface area contributed by atoms with Crippen LogP contribution in [0.3, 0.4) is 0 Å². The van der Waals surface area contributed by atoms with Gasteiger partial charge in [-0.3, -0.25) is 4.79 Å². The van der Waals surface area contributed by atoms with Gasteiger partial charge >= 0.3 is 0 Å². The van der Waals surface area contributed by atoms with Gasteiger partial charge < -0.3 is 19.3 Å². The van der Waals surface area contributed by atoms with Crippen molar-refractivity contribution in [3.05, 3.63) is 76.0 Å². The summed E-state index contributed by atoms with van der Waals surface area (Å²) < 4.78 is 16.5. The maximum absolute atomic E-state index is 12.4. The van der Waals surface area contributed by atoms with Crippen LogP contribution in [-0.4, -0.2) is 17.7 Å². The second-order valence-electron chi connectivity index (χ2n) is 6.48. The zero-order valence-electron chi connectivity index (χ0n) is 17.0. The van der Waals surface area contributed by atoms with Gasteiger partial charge in [-0.1, -0.05) is 47.1 Å². The van der Waals surface area contributed by atoms with Crippen LogP contribution < -0.4 is 14.8 Å². The molecule has 0 saturated carbocycles. The third-order valence-electron chi connectivity index (χ3n) is 4.10. The normalized spacial score (nSPS) is 11.0. The Kier molecular flexibility index (Phi) is 7.31. The summed E-state index contributed by atoms with van der Waals surface area (Å²) in [4.78, 5) is 12.4. The fourth-order valence-electron chi connectivity index (χ4n) is 2.73. The molecule has 1 amide bonds. The Labute approximate surface area is 184 Å². The summed E-state index contributed by atoms with van der Waals surface area (Å²) in [6.07, 6.45) is 1.41. The quantitative estimate of drug-likeness (QED) is 0.386. The average Bonchev–Trinajstić information content (AvgIpc) is 3.16. The molecule has 0 aliphatic rings. The number of rotatable bonds is 8. The molecule has 8 heteroatoms. The van der Waals surface area contributed by atoms with Crippen LogP contribution in [0.15, 0.2) is 58.6 Å². The number of halogens is 1. The monoisotopic (exact) mass is 437 g/mol. The Morgan fingerprint density at radius 2 is 2.03 bits per heavy atom. The van der Waals surface area contributed by atoms with Crippen molar-refractivity contribution in [3.63, 3.8) is 0 Å². The van der Waals surface area contributed by atoms with Crippen LogP contribution in [-0.2, 0) is 11.4 Å². The van der Waals surface area contributed by atoms with Crippen molar-refractivity contribution in [2.75, 3.05) is 11.9 Å². The fourth-order valence-corrected chi connectivity index (χ4v) is 3.00. The van der Waals surface area contributed by atoms with Crippen LogP contribution in [0.1, 0.15) is 23.8 Å². The molecule has 0 spiro atoms. The Balaban J connectivity index is 1.84. The van der Waals surface area contributed by atoms with Gasteiger partial charge in [-0.05, 0) is 43.2 Å². The molecule has 0 unspecified atom stereocenters. The highest BCUT2D eigenvalue weighted by molar-refractivity contribution is 6.32. The van der Waals surface area contributed by atoms with E-state index in [1.54, 1.807) is 25.1 Å². The van der Waals surface area contributed by atoms with Crippen LogP contribution in [0.4, 0.5) is 5.82 Å². The van der Waals surface area contributed by atoms with Crippen LogP contribution in [0.5, 0.6) is 11.5 Å². The lowest BCUT2D eigenvalue weighted by atomic mass is 10.1. The number of aryl methyl sites for hydroxylation is 1. The summed E-state index contributed by atoms with van der Waals surface area (Å²) >= 11 is 6.44. The van der Waals surface area contributed by atoms with Crippen molar-refractivity contribution in [3.8, 4) is 17.6 Å². The lowest BCUT2D eigenvalue weighted by Crippen LogP contribution is -2.13. The number of carbonyl (C=O) groups is 1. The smallest absolute Gasteiger partial charge is 0.267 e. The predicted octanol–water partition coefficient (Wildman–Crippen LogP) is 5.16. The van der Waals surface area contributed by atoms with E-state index in [9.17, 15) is 10.1 Å². The lowest BCUT2D eigenvalue weighted by molar-refractivity contribution is -0.112. The first-order valence-electron chi connectivity index (χ1n) is 9.49. The van der Waals surface area contributed by atoms with Gasteiger partial charge in [-0.2, -0.15) is 5.26 Å². The van der Waals surface area contributed by atoms with E-state index in [2.05, 4.69) is 10.5 Å². The molecule has 3 aromatic rings. The molecule has 158 valence electrons. The van der Waals surface area contributed by atoms with Crippen LogP contribution in [0.2, 0.25) is 5.02 Å². The third kappa shape index (κ3) is 5.87. The van der Waals surface area contributed by atoms with E-state index in [1.807, 2.05) is 43.3 Å². The number of aromatic nitrogens is 1. The molecule has 1 aromatic heterocycles. The highest BCUT2D eigenvalue weighted by atomic mass is 35.5. The Hall–Kier alpha value is -3.76. The minimum atomic E-state index is -0.616. The van der Waals surface area contributed by atoms with E-state index < -0.39 is 5.91 Å². The molecule has 0 bridgehead atoms. The molecule has 0 atom stereocenters. The molecular weight excluding hydrogens is 418 g/mol. The van der Waals surface area contributed by atoms with Gasteiger partial charge in [-0.15, -0.1) is 0 Å². The van der Waals surface area contributed by atoms with Gasteiger partial charge in [0.1, 0.15) is 24.0 Å². The first-order chi connectivity index (χ1) is 15.0.